The van der Waals surface area contributed by atoms with Crippen molar-refractivity contribution in [3.05, 3.63) is 11.1 Å². The van der Waals surface area contributed by atoms with Gasteiger partial charge in [-0.3, -0.25) is 0 Å². The normalized spacial score (nSPS) is 11.7. The summed E-state index contributed by atoms with van der Waals surface area (Å²) in [6.07, 6.45) is 0. The van der Waals surface area contributed by atoms with Gasteiger partial charge in [-0.05, 0) is 11.2 Å². The zero-order chi connectivity index (χ0) is 7.11. The molecule has 9 heavy (non-hydrogen) atoms. The molecule has 0 heterocycles. The van der Waals surface area contributed by atoms with Crippen molar-refractivity contribution in [2.45, 2.75) is 6.92 Å². The van der Waals surface area contributed by atoms with Crippen LogP contribution in [0.15, 0.2) is 11.1 Å². The van der Waals surface area contributed by atoms with Crippen molar-refractivity contribution < 1.29 is 0 Å². The van der Waals surface area contributed by atoms with E-state index in [4.69, 9.17) is 5.73 Å². The quantitative estimate of drug-likeness (QED) is 0.615. The molecule has 0 aromatic heterocycles. The Morgan fingerprint density at radius 2 is 2.44 bits per heavy atom. The number of nitrogens with two attached hydrogens (primary N) is 1. The first-order valence-corrected chi connectivity index (χ1v) is 4.08. The van der Waals surface area contributed by atoms with Gasteiger partial charge in [0.25, 0.3) is 0 Å². The standard InChI is InChI=1S/C6H14N2S/c1-3-9-5-6(4-7)8-2/h5,8H,3-4,7H2,1-2H3/b6-5-. The van der Waals surface area contributed by atoms with Crippen LogP contribution < -0.4 is 11.1 Å². The zero-order valence-electron chi connectivity index (χ0n) is 5.98. The molecule has 54 valence electrons. The largest absolute Gasteiger partial charge is 0.390 e. The molecular weight excluding hydrogens is 132 g/mol. The summed E-state index contributed by atoms with van der Waals surface area (Å²) in [7, 11) is 1.88. The fourth-order valence-electron chi connectivity index (χ4n) is 0.393. The van der Waals surface area contributed by atoms with Gasteiger partial charge < -0.3 is 11.1 Å². The van der Waals surface area contributed by atoms with Crippen LogP contribution in [0, 0.1) is 0 Å². The lowest BCUT2D eigenvalue weighted by atomic mass is 10.5. The van der Waals surface area contributed by atoms with Gasteiger partial charge in [-0.15, -0.1) is 11.8 Å². The molecule has 0 fully saturated rings. The van der Waals surface area contributed by atoms with E-state index >= 15 is 0 Å². The van der Waals surface area contributed by atoms with Crippen LogP contribution in [0.25, 0.3) is 0 Å². The Hall–Kier alpha value is -0.150. The van der Waals surface area contributed by atoms with Crippen molar-refractivity contribution in [2.24, 2.45) is 5.73 Å². The minimum Gasteiger partial charge on any atom is -0.390 e. The molecule has 0 aliphatic carbocycles. The Labute approximate surface area is 60.9 Å². The maximum atomic E-state index is 5.38. The molecule has 3 heteroatoms. The van der Waals surface area contributed by atoms with Crippen LogP contribution in [0.3, 0.4) is 0 Å². The maximum Gasteiger partial charge on any atom is 0.0334 e. The van der Waals surface area contributed by atoms with Gasteiger partial charge in [-0.25, -0.2) is 0 Å². The lowest BCUT2D eigenvalue weighted by Crippen LogP contribution is -2.15. The van der Waals surface area contributed by atoms with Crippen LogP contribution in [0.2, 0.25) is 0 Å². The van der Waals surface area contributed by atoms with Crippen molar-refractivity contribution in [1.82, 2.24) is 5.32 Å². The molecule has 0 radical (unpaired) electrons. The van der Waals surface area contributed by atoms with Crippen molar-refractivity contribution in [1.29, 1.82) is 0 Å². The van der Waals surface area contributed by atoms with Gasteiger partial charge in [0.2, 0.25) is 0 Å². The van der Waals surface area contributed by atoms with E-state index in [1.165, 1.54) is 0 Å². The predicted octanol–water partition coefficient (Wildman–Crippen LogP) is 0.759. The van der Waals surface area contributed by atoms with Gasteiger partial charge in [0.15, 0.2) is 0 Å². The van der Waals surface area contributed by atoms with E-state index in [0.29, 0.717) is 6.54 Å². The second kappa shape index (κ2) is 5.98. The van der Waals surface area contributed by atoms with Crippen molar-refractivity contribution in [2.75, 3.05) is 19.3 Å². The lowest BCUT2D eigenvalue weighted by Gasteiger charge is -2.00. The fraction of sp³-hybridized carbons (Fsp3) is 0.667. The third-order valence-corrected chi connectivity index (χ3v) is 1.72. The summed E-state index contributed by atoms with van der Waals surface area (Å²) < 4.78 is 0. The highest BCUT2D eigenvalue weighted by molar-refractivity contribution is 8.02. The van der Waals surface area contributed by atoms with E-state index in [1.54, 1.807) is 11.8 Å². The highest BCUT2D eigenvalue weighted by atomic mass is 32.2. The number of thioether (sulfide) groups is 1. The summed E-state index contributed by atoms with van der Waals surface area (Å²) in [4.78, 5) is 0. The highest BCUT2D eigenvalue weighted by Gasteiger charge is 1.85. The summed E-state index contributed by atoms with van der Waals surface area (Å²) in [6, 6.07) is 0. The van der Waals surface area contributed by atoms with Crippen molar-refractivity contribution in [3.8, 4) is 0 Å². The average Bonchev–Trinajstić information content (AvgIpc) is 1.91. The zero-order valence-corrected chi connectivity index (χ0v) is 6.79. The minimum atomic E-state index is 0.601. The number of rotatable bonds is 4. The number of hydrogen-bond acceptors (Lipinski definition) is 3. The third-order valence-electron chi connectivity index (χ3n) is 0.933. The summed E-state index contributed by atoms with van der Waals surface area (Å²) in [5, 5.41) is 5.06. The smallest absolute Gasteiger partial charge is 0.0334 e. The van der Waals surface area contributed by atoms with Gasteiger partial charge in [-0.2, -0.15) is 0 Å². The van der Waals surface area contributed by atoms with Crippen LogP contribution >= 0.6 is 11.8 Å². The van der Waals surface area contributed by atoms with Crippen LogP contribution in [0.5, 0.6) is 0 Å². The summed E-state index contributed by atoms with van der Waals surface area (Å²) in [5.74, 6) is 1.10. The molecule has 0 saturated heterocycles. The van der Waals surface area contributed by atoms with E-state index in [0.717, 1.165) is 11.4 Å². The molecule has 0 amide bonds. The van der Waals surface area contributed by atoms with Gasteiger partial charge in [0, 0.05) is 19.3 Å². The Kier molecular flexibility index (Phi) is 5.88. The molecule has 0 aliphatic rings. The summed E-state index contributed by atoms with van der Waals surface area (Å²) in [6.45, 7) is 2.72. The van der Waals surface area contributed by atoms with E-state index in [1.807, 2.05) is 7.05 Å². The van der Waals surface area contributed by atoms with Crippen LogP contribution in [0.1, 0.15) is 6.92 Å². The molecule has 0 rings (SSSR count). The van der Waals surface area contributed by atoms with Crippen LogP contribution in [-0.4, -0.2) is 19.3 Å². The Morgan fingerprint density at radius 1 is 1.78 bits per heavy atom. The first-order chi connectivity index (χ1) is 4.35. The van der Waals surface area contributed by atoms with E-state index in [9.17, 15) is 0 Å². The second-order valence-corrected chi connectivity index (χ2v) is 2.70. The summed E-state index contributed by atoms with van der Waals surface area (Å²) in [5.41, 5.74) is 6.48. The number of hydrogen-bond donors (Lipinski definition) is 2. The number of likely N-dealkylation sites (N-methyl/N-ethyl adjacent to an activating group) is 1. The summed E-state index contributed by atoms with van der Waals surface area (Å²) >= 11 is 1.76. The Balaban J connectivity index is 3.48. The topological polar surface area (TPSA) is 38.0 Å². The molecule has 0 unspecified atom stereocenters. The molecule has 0 spiro atoms. The lowest BCUT2D eigenvalue weighted by molar-refractivity contribution is 0.931. The maximum absolute atomic E-state index is 5.38. The monoisotopic (exact) mass is 146 g/mol. The molecule has 0 saturated carbocycles. The van der Waals surface area contributed by atoms with Gasteiger partial charge >= 0.3 is 0 Å². The molecule has 0 aliphatic heterocycles. The molecule has 3 N–H and O–H groups in total. The molecule has 2 nitrogen and oxygen atoms in total. The Morgan fingerprint density at radius 3 is 2.78 bits per heavy atom. The molecule has 0 aromatic rings. The molecular formula is C6H14N2S. The SMILES string of the molecule is CCS/C=C(/CN)NC. The average molecular weight is 146 g/mol. The third kappa shape index (κ3) is 4.36. The minimum absolute atomic E-state index is 0.601. The van der Waals surface area contributed by atoms with Gasteiger partial charge in [-0.1, -0.05) is 6.92 Å². The Bertz CT molecular complexity index is 85.1. The molecule has 0 atom stereocenters. The van der Waals surface area contributed by atoms with E-state index in [2.05, 4.69) is 17.6 Å². The number of nitrogens with one attached hydrogen (secondary N) is 1. The van der Waals surface area contributed by atoms with Crippen molar-refractivity contribution >= 4 is 11.8 Å². The van der Waals surface area contributed by atoms with E-state index in [-0.39, 0.29) is 0 Å². The van der Waals surface area contributed by atoms with E-state index < -0.39 is 0 Å². The highest BCUT2D eigenvalue weighted by Crippen LogP contribution is 2.02. The fourth-order valence-corrected chi connectivity index (χ4v) is 0.975. The molecule has 0 bridgehead atoms. The van der Waals surface area contributed by atoms with Gasteiger partial charge in [0.1, 0.15) is 0 Å². The predicted molar refractivity (Wildman–Crippen MR) is 44.3 cm³/mol. The first-order valence-electron chi connectivity index (χ1n) is 3.03. The van der Waals surface area contributed by atoms with Crippen LogP contribution in [0.4, 0.5) is 0 Å². The van der Waals surface area contributed by atoms with Crippen molar-refractivity contribution in [3.63, 3.8) is 0 Å². The second-order valence-electron chi connectivity index (χ2n) is 1.55. The molecule has 0 aromatic carbocycles. The first kappa shape index (κ1) is 8.85. The van der Waals surface area contributed by atoms with Gasteiger partial charge in [0.05, 0.1) is 0 Å². The van der Waals surface area contributed by atoms with Crippen LogP contribution in [-0.2, 0) is 0 Å².